The van der Waals surface area contributed by atoms with E-state index in [-0.39, 0.29) is 0 Å². The van der Waals surface area contributed by atoms with Crippen LogP contribution in [0.5, 0.6) is 0 Å². The minimum Gasteiger partial charge on any atom is -0.256 e. The van der Waals surface area contributed by atoms with Crippen LogP contribution in [0.3, 0.4) is 0 Å². The quantitative estimate of drug-likeness (QED) is 0.154. The van der Waals surface area contributed by atoms with Gasteiger partial charge in [-0.05, 0) is 62.0 Å². The van der Waals surface area contributed by atoms with E-state index in [1.165, 1.54) is 33.0 Å². The molecular weight excluding hydrogens is 681 g/mol. The lowest BCUT2D eigenvalue weighted by atomic mass is 9.96. The Morgan fingerprint density at radius 1 is 0.250 bits per heavy atom. The molecule has 10 rings (SSSR count). The molecule has 0 N–H and O–H groups in total. The normalized spacial score (nSPS) is 11.2. The van der Waals surface area contributed by atoms with Crippen molar-refractivity contribution in [3.8, 4) is 78.7 Å². The van der Waals surface area contributed by atoms with Gasteiger partial charge in [-0.15, -0.1) is 0 Å². The van der Waals surface area contributed by atoms with E-state index >= 15 is 0 Å². The third kappa shape index (κ3) is 6.50. The monoisotopic (exact) mass is 714 g/mol. The van der Waals surface area contributed by atoms with Crippen LogP contribution in [0, 0.1) is 0 Å². The lowest BCUT2D eigenvalue weighted by Gasteiger charge is -2.10. The van der Waals surface area contributed by atoms with E-state index in [1.54, 1.807) is 0 Å². The first-order valence-electron chi connectivity index (χ1n) is 18.8. The molecule has 0 aliphatic rings. The van der Waals surface area contributed by atoms with E-state index in [0.717, 1.165) is 49.8 Å². The molecule has 0 atom stereocenters. The zero-order chi connectivity index (χ0) is 37.3. The van der Waals surface area contributed by atoms with Crippen molar-refractivity contribution in [3.63, 3.8) is 0 Å². The predicted molar refractivity (Wildman–Crippen MR) is 231 cm³/mol. The molecule has 0 bridgehead atoms. The van der Waals surface area contributed by atoms with Crippen molar-refractivity contribution >= 4 is 21.7 Å². The number of pyridine rings is 1. The fourth-order valence-corrected chi connectivity index (χ4v) is 7.38. The first kappa shape index (κ1) is 33.0. The number of nitrogens with zero attached hydrogens (tertiary/aromatic N) is 4. The van der Waals surface area contributed by atoms with Crippen LogP contribution >= 0.6 is 0 Å². The fourth-order valence-electron chi connectivity index (χ4n) is 7.38. The SMILES string of the molecule is c1ccc(-c2ccc(-c3nc(-c4ccccc4)nc(-c4ccc(-c5ccc(-c6cccc(-c7ccc8c(c7)ncc7ccccc78)c6)cc5)cc4)n3)cc2)cc1. The molecule has 0 aliphatic carbocycles. The zero-order valence-electron chi connectivity index (χ0n) is 30.4. The van der Waals surface area contributed by atoms with Crippen LogP contribution < -0.4 is 0 Å². The Bertz CT molecular complexity index is 2980. The molecule has 262 valence electrons. The molecule has 2 aromatic heterocycles. The summed E-state index contributed by atoms with van der Waals surface area (Å²) in [5.41, 5.74) is 13.1. The number of rotatable bonds is 7. The van der Waals surface area contributed by atoms with E-state index in [2.05, 4.69) is 164 Å². The molecule has 10 aromatic rings. The summed E-state index contributed by atoms with van der Waals surface area (Å²) in [4.78, 5) is 19.6. The van der Waals surface area contributed by atoms with Crippen LogP contribution in [0.4, 0.5) is 0 Å². The third-order valence-corrected chi connectivity index (χ3v) is 10.4. The summed E-state index contributed by atoms with van der Waals surface area (Å²) in [6.07, 6.45) is 1.96. The summed E-state index contributed by atoms with van der Waals surface area (Å²) < 4.78 is 0. The molecule has 2 heterocycles. The van der Waals surface area contributed by atoms with E-state index in [4.69, 9.17) is 19.9 Å². The van der Waals surface area contributed by atoms with Crippen LogP contribution in [0.2, 0.25) is 0 Å². The van der Waals surface area contributed by atoms with Crippen molar-refractivity contribution in [1.82, 2.24) is 19.9 Å². The van der Waals surface area contributed by atoms with Gasteiger partial charge in [0.15, 0.2) is 17.5 Å². The smallest absolute Gasteiger partial charge is 0.164 e. The molecule has 56 heavy (non-hydrogen) atoms. The van der Waals surface area contributed by atoms with Gasteiger partial charge in [0.2, 0.25) is 0 Å². The average molecular weight is 715 g/mol. The van der Waals surface area contributed by atoms with Gasteiger partial charge in [-0.1, -0.05) is 188 Å². The number of benzene rings is 8. The van der Waals surface area contributed by atoms with Crippen molar-refractivity contribution in [2.24, 2.45) is 0 Å². The maximum absolute atomic E-state index is 4.98. The number of hydrogen-bond donors (Lipinski definition) is 0. The van der Waals surface area contributed by atoms with Crippen molar-refractivity contribution < 1.29 is 0 Å². The van der Waals surface area contributed by atoms with Crippen molar-refractivity contribution in [2.75, 3.05) is 0 Å². The van der Waals surface area contributed by atoms with Gasteiger partial charge in [-0.3, -0.25) is 4.98 Å². The largest absolute Gasteiger partial charge is 0.256 e. The van der Waals surface area contributed by atoms with Crippen LogP contribution in [0.25, 0.3) is 100 Å². The van der Waals surface area contributed by atoms with Crippen LogP contribution in [-0.4, -0.2) is 19.9 Å². The summed E-state index contributed by atoms with van der Waals surface area (Å²) in [5, 5.41) is 3.56. The second-order valence-electron chi connectivity index (χ2n) is 13.9. The molecule has 4 heteroatoms. The van der Waals surface area contributed by atoms with Crippen LogP contribution in [0.15, 0.2) is 206 Å². The molecule has 0 saturated heterocycles. The molecule has 0 radical (unpaired) electrons. The number of aromatic nitrogens is 4. The molecule has 8 aromatic carbocycles. The molecular formula is C52H34N4. The molecule has 0 aliphatic heterocycles. The van der Waals surface area contributed by atoms with Gasteiger partial charge < -0.3 is 0 Å². The van der Waals surface area contributed by atoms with Crippen LogP contribution in [-0.2, 0) is 0 Å². The number of fused-ring (bicyclic) bond motifs is 3. The van der Waals surface area contributed by atoms with E-state index in [1.807, 2.05) is 42.6 Å². The predicted octanol–water partition coefficient (Wildman–Crippen LogP) is 13.2. The minimum absolute atomic E-state index is 0.637. The molecule has 0 unspecified atom stereocenters. The molecule has 4 nitrogen and oxygen atoms in total. The van der Waals surface area contributed by atoms with Crippen LogP contribution in [0.1, 0.15) is 0 Å². The highest BCUT2D eigenvalue weighted by molar-refractivity contribution is 6.06. The Morgan fingerprint density at radius 2 is 0.625 bits per heavy atom. The maximum atomic E-state index is 4.98. The Balaban J connectivity index is 0.917. The lowest BCUT2D eigenvalue weighted by Crippen LogP contribution is -2.00. The van der Waals surface area contributed by atoms with E-state index in [9.17, 15) is 0 Å². The Kier molecular flexibility index (Phi) is 8.47. The van der Waals surface area contributed by atoms with E-state index in [0.29, 0.717) is 17.5 Å². The van der Waals surface area contributed by atoms with Gasteiger partial charge in [0.25, 0.3) is 0 Å². The van der Waals surface area contributed by atoms with Crippen molar-refractivity contribution in [3.05, 3.63) is 206 Å². The Morgan fingerprint density at radius 3 is 1.20 bits per heavy atom. The van der Waals surface area contributed by atoms with Crippen molar-refractivity contribution in [2.45, 2.75) is 0 Å². The first-order valence-corrected chi connectivity index (χ1v) is 18.8. The van der Waals surface area contributed by atoms with Gasteiger partial charge in [0, 0.05) is 33.7 Å². The highest BCUT2D eigenvalue weighted by Crippen LogP contribution is 2.33. The van der Waals surface area contributed by atoms with Gasteiger partial charge in [-0.25, -0.2) is 15.0 Å². The fraction of sp³-hybridized carbons (Fsp3) is 0. The Labute approximate surface area is 325 Å². The molecule has 0 amide bonds. The summed E-state index contributed by atoms with van der Waals surface area (Å²) in [7, 11) is 0. The highest BCUT2D eigenvalue weighted by atomic mass is 15.0. The summed E-state index contributed by atoms with van der Waals surface area (Å²) in [6.45, 7) is 0. The first-order chi connectivity index (χ1) is 27.7. The summed E-state index contributed by atoms with van der Waals surface area (Å²) in [5.74, 6) is 1.92. The lowest BCUT2D eigenvalue weighted by molar-refractivity contribution is 1.07. The van der Waals surface area contributed by atoms with Gasteiger partial charge in [0.05, 0.1) is 5.52 Å². The third-order valence-electron chi connectivity index (χ3n) is 10.4. The molecule has 0 fully saturated rings. The molecule has 0 saturated carbocycles. The summed E-state index contributed by atoms with van der Waals surface area (Å²) >= 11 is 0. The van der Waals surface area contributed by atoms with Gasteiger partial charge in [0.1, 0.15) is 0 Å². The van der Waals surface area contributed by atoms with Gasteiger partial charge >= 0.3 is 0 Å². The van der Waals surface area contributed by atoms with Gasteiger partial charge in [-0.2, -0.15) is 0 Å². The van der Waals surface area contributed by atoms with Crippen molar-refractivity contribution in [1.29, 1.82) is 0 Å². The standard InChI is InChI=1S/C52H34N4/c1-3-10-35(11-4-1)36-22-26-41(27-23-36)51-54-50(40-12-5-2-6-13-40)55-52(56-51)42-28-24-38(25-29-42)37-18-20-39(21-19-37)43-15-9-16-44(32-43)45-30-31-48-47-17-8-7-14-46(47)34-53-49(48)33-45/h1-34H. The minimum atomic E-state index is 0.637. The second-order valence-corrected chi connectivity index (χ2v) is 13.9. The highest BCUT2D eigenvalue weighted by Gasteiger charge is 2.13. The summed E-state index contributed by atoms with van der Waals surface area (Å²) in [6, 6.07) is 69.9. The average Bonchev–Trinajstić information content (AvgIpc) is 3.29. The molecule has 0 spiro atoms. The topological polar surface area (TPSA) is 51.6 Å². The van der Waals surface area contributed by atoms with E-state index < -0.39 is 0 Å². The zero-order valence-corrected chi connectivity index (χ0v) is 30.4. The Hall–Kier alpha value is -7.56. The number of hydrogen-bond acceptors (Lipinski definition) is 4. The second kappa shape index (κ2) is 14.3. The maximum Gasteiger partial charge on any atom is 0.164 e.